The summed E-state index contributed by atoms with van der Waals surface area (Å²) in [6, 6.07) is 6.49. The van der Waals surface area contributed by atoms with Crippen molar-refractivity contribution < 1.29 is 5.11 Å². The highest BCUT2D eigenvalue weighted by Crippen LogP contribution is 2.16. The largest absolute Gasteiger partial charge is 0.394 e. The zero-order chi connectivity index (χ0) is 12.1. The smallest absolute Gasteiger partial charge is 0.0626 e. The standard InChI is InChI=1S/C14H23NO/c1-10(2)8-15-14(9-16)13-6-11(3)5-12(4)7-13/h5-7,10,14-16H,8-9H2,1-4H3. The molecule has 0 saturated carbocycles. The Morgan fingerprint density at radius 3 is 2.12 bits per heavy atom. The lowest BCUT2D eigenvalue weighted by atomic mass is 10.0. The van der Waals surface area contributed by atoms with E-state index in [-0.39, 0.29) is 12.6 Å². The van der Waals surface area contributed by atoms with Crippen LogP contribution in [0.15, 0.2) is 18.2 Å². The van der Waals surface area contributed by atoms with Crippen molar-refractivity contribution in [2.45, 2.75) is 33.7 Å². The minimum atomic E-state index is 0.0565. The van der Waals surface area contributed by atoms with E-state index in [0.29, 0.717) is 5.92 Å². The average Bonchev–Trinajstić information content (AvgIpc) is 2.16. The molecule has 0 fully saturated rings. The van der Waals surface area contributed by atoms with Crippen LogP contribution in [0.25, 0.3) is 0 Å². The zero-order valence-electron chi connectivity index (χ0n) is 10.7. The molecule has 0 aliphatic rings. The van der Waals surface area contributed by atoms with Crippen molar-refractivity contribution in [1.29, 1.82) is 0 Å². The number of aliphatic hydroxyl groups is 1. The van der Waals surface area contributed by atoms with Crippen LogP contribution in [0.3, 0.4) is 0 Å². The van der Waals surface area contributed by atoms with E-state index >= 15 is 0 Å². The summed E-state index contributed by atoms with van der Waals surface area (Å²) in [6.07, 6.45) is 0. The molecule has 2 heteroatoms. The predicted molar refractivity (Wildman–Crippen MR) is 68.6 cm³/mol. The van der Waals surface area contributed by atoms with Crippen LogP contribution < -0.4 is 5.32 Å². The molecule has 0 aliphatic heterocycles. The molecule has 1 aromatic carbocycles. The average molecular weight is 221 g/mol. The Morgan fingerprint density at radius 2 is 1.69 bits per heavy atom. The van der Waals surface area contributed by atoms with Crippen molar-refractivity contribution in [2.24, 2.45) is 5.92 Å². The van der Waals surface area contributed by atoms with Gasteiger partial charge < -0.3 is 10.4 Å². The fraction of sp³-hybridized carbons (Fsp3) is 0.571. The van der Waals surface area contributed by atoms with Gasteiger partial charge in [0.1, 0.15) is 0 Å². The van der Waals surface area contributed by atoms with Gasteiger partial charge in [-0.25, -0.2) is 0 Å². The molecule has 0 heterocycles. The maximum Gasteiger partial charge on any atom is 0.0626 e. The van der Waals surface area contributed by atoms with E-state index in [9.17, 15) is 5.11 Å². The second kappa shape index (κ2) is 6.02. The van der Waals surface area contributed by atoms with Crippen LogP contribution in [0, 0.1) is 19.8 Å². The fourth-order valence-electron chi connectivity index (χ4n) is 1.88. The molecule has 0 amide bonds. The molecule has 0 saturated heterocycles. The number of hydrogen-bond donors (Lipinski definition) is 2. The van der Waals surface area contributed by atoms with Crippen LogP contribution in [-0.2, 0) is 0 Å². The Balaban J connectivity index is 2.78. The Morgan fingerprint density at radius 1 is 1.12 bits per heavy atom. The van der Waals surface area contributed by atoms with Gasteiger partial charge in [-0.05, 0) is 31.9 Å². The number of aryl methyl sites for hydroxylation is 2. The summed E-state index contributed by atoms with van der Waals surface area (Å²) in [7, 11) is 0. The van der Waals surface area contributed by atoms with Crippen molar-refractivity contribution in [1.82, 2.24) is 5.32 Å². The van der Waals surface area contributed by atoms with Crippen LogP contribution in [0.5, 0.6) is 0 Å². The molecule has 1 aromatic rings. The van der Waals surface area contributed by atoms with Gasteiger partial charge in [-0.2, -0.15) is 0 Å². The minimum absolute atomic E-state index is 0.0565. The van der Waals surface area contributed by atoms with Crippen molar-refractivity contribution in [3.8, 4) is 0 Å². The third kappa shape index (κ3) is 3.95. The number of rotatable bonds is 5. The summed E-state index contributed by atoms with van der Waals surface area (Å²) in [5.74, 6) is 0.597. The molecule has 1 unspecified atom stereocenters. The van der Waals surface area contributed by atoms with Crippen molar-refractivity contribution in [2.75, 3.05) is 13.2 Å². The van der Waals surface area contributed by atoms with Gasteiger partial charge in [0.15, 0.2) is 0 Å². The van der Waals surface area contributed by atoms with Gasteiger partial charge >= 0.3 is 0 Å². The molecule has 0 bridgehead atoms. The number of benzene rings is 1. The summed E-state index contributed by atoms with van der Waals surface area (Å²) >= 11 is 0. The Labute approximate surface area is 98.7 Å². The monoisotopic (exact) mass is 221 g/mol. The third-order valence-electron chi connectivity index (χ3n) is 2.60. The lowest BCUT2D eigenvalue weighted by Crippen LogP contribution is -2.28. The van der Waals surface area contributed by atoms with Crippen LogP contribution in [0.1, 0.15) is 36.6 Å². The van der Waals surface area contributed by atoms with Crippen molar-refractivity contribution in [3.63, 3.8) is 0 Å². The first-order chi connectivity index (χ1) is 7.52. The topological polar surface area (TPSA) is 32.3 Å². The zero-order valence-corrected chi connectivity index (χ0v) is 10.7. The summed E-state index contributed by atoms with van der Waals surface area (Å²) < 4.78 is 0. The van der Waals surface area contributed by atoms with Gasteiger partial charge in [-0.15, -0.1) is 0 Å². The molecule has 0 spiro atoms. The number of hydrogen-bond acceptors (Lipinski definition) is 2. The van der Waals surface area contributed by atoms with E-state index in [0.717, 1.165) is 6.54 Å². The summed E-state index contributed by atoms with van der Waals surface area (Å²) in [4.78, 5) is 0. The molecule has 0 radical (unpaired) electrons. The molecule has 2 nitrogen and oxygen atoms in total. The van der Waals surface area contributed by atoms with Gasteiger partial charge in [-0.1, -0.05) is 43.2 Å². The van der Waals surface area contributed by atoms with E-state index in [1.807, 2.05) is 0 Å². The second-order valence-corrected chi connectivity index (χ2v) is 4.96. The first kappa shape index (κ1) is 13.2. The van der Waals surface area contributed by atoms with E-state index < -0.39 is 0 Å². The Bertz CT molecular complexity index is 313. The number of aliphatic hydroxyl groups excluding tert-OH is 1. The molecular formula is C14H23NO. The highest BCUT2D eigenvalue weighted by molar-refractivity contribution is 5.30. The lowest BCUT2D eigenvalue weighted by molar-refractivity contribution is 0.241. The van der Waals surface area contributed by atoms with Crippen molar-refractivity contribution in [3.05, 3.63) is 34.9 Å². The normalized spacial score (nSPS) is 13.1. The SMILES string of the molecule is Cc1cc(C)cc(C(CO)NCC(C)C)c1. The Hall–Kier alpha value is -0.860. The first-order valence-corrected chi connectivity index (χ1v) is 5.95. The highest BCUT2D eigenvalue weighted by Gasteiger charge is 2.10. The maximum absolute atomic E-state index is 9.41. The van der Waals surface area contributed by atoms with Gasteiger partial charge in [0.2, 0.25) is 0 Å². The van der Waals surface area contributed by atoms with E-state index in [4.69, 9.17) is 0 Å². The third-order valence-corrected chi connectivity index (χ3v) is 2.60. The molecule has 1 rings (SSSR count). The minimum Gasteiger partial charge on any atom is -0.394 e. The summed E-state index contributed by atoms with van der Waals surface area (Å²) in [5, 5.41) is 12.8. The molecular weight excluding hydrogens is 198 g/mol. The molecule has 2 N–H and O–H groups in total. The van der Waals surface area contributed by atoms with E-state index in [1.165, 1.54) is 16.7 Å². The van der Waals surface area contributed by atoms with Gasteiger partial charge in [0, 0.05) is 0 Å². The van der Waals surface area contributed by atoms with E-state index in [1.54, 1.807) is 0 Å². The first-order valence-electron chi connectivity index (χ1n) is 5.95. The van der Waals surface area contributed by atoms with Crippen LogP contribution in [0.4, 0.5) is 0 Å². The van der Waals surface area contributed by atoms with Crippen LogP contribution in [0.2, 0.25) is 0 Å². The second-order valence-electron chi connectivity index (χ2n) is 4.96. The van der Waals surface area contributed by atoms with Gasteiger partial charge in [-0.3, -0.25) is 0 Å². The van der Waals surface area contributed by atoms with Gasteiger partial charge in [0.25, 0.3) is 0 Å². The summed E-state index contributed by atoms with van der Waals surface area (Å²) in [5.41, 5.74) is 3.68. The van der Waals surface area contributed by atoms with Gasteiger partial charge in [0.05, 0.1) is 12.6 Å². The van der Waals surface area contributed by atoms with Crippen LogP contribution in [-0.4, -0.2) is 18.3 Å². The predicted octanol–water partition coefficient (Wildman–Crippen LogP) is 2.58. The van der Waals surface area contributed by atoms with E-state index in [2.05, 4.69) is 51.2 Å². The Kier molecular flexibility index (Phi) is 4.97. The number of nitrogens with one attached hydrogen (secondary N) is 1. The van der Waals surface area contributed by atoms with Crippen molar-refractivity contribution >= 4 is 0 Å². The maximum atomic E-state index is 9.41. The highest BCUT2D eigenvalue weighted by atomic mass is 16.3. The molecule has 90 valence electrons. The molecule has 0 aromatic heterocycles. The quantitative estimate of drug-likeness (QED) is 0.801. The summed E-state index contributed by atoms with van der Waals surface area (Å²) in [6.45, 7) is 9.60. The lowest BCUT2D eigenvalue weighted by Gasteiger charge is -2.19. The van der Waals surface area contributed by atoms with Crippen LogP contribution >= 0.6 is 0 Å². The molecule has 0 aliphatic carbocycles. The fourth-order valence-corrected chi connectivity index (χ4v) is 1.88. The molecule has 16 heavy (non-hydrogen) atoms. The molecule has 1 atom stereocenters.